The second-order valence-electron chi connectivity index (χ2n) is 3.53. The zero-order valence-electron chi connectivity index (χ0n) is 9.33. The van der Waals surface area contributed by atoms with Crippen molar-refractivity contribution in [3.63, 3.8) is 0 Å². The van der Waals surface area contributed by atoms with Crippen LogP contribution in [-0.4, -0.2) is 19.5 Å². The zero-order valence-corrected chi connectivity index (χ0v) is 13.1. The number of aromatic carboxylic acids is 1. The summed E-state index contributed by atoms with van der Waals surface area (Å²) in [5.74, 6) is -1.18. The molecule has 0 saturated heterocycles. The summed E-state index contributed by atoms with van der Waals surface area (Å²) >= 11 is 3.03. The third-order valence-corrected chi connectivity index (χ3v) is 5.65. The van der Waals surface area contributed by atoms with Gasteiger partial charge in [-0.3, -0.25) is 4.72 Å². The van der Waals surface area contributed by atoms with Crippen LogP contribution in [0.4, 0.5) is 5.69 Å². The second-order valence-corrected chi connectivity index (χ2v) is 7.64. The standard InChI is InChI=1S/C11H8INO4S2/c12-7-3-4-9(8(6-7)11(14)15)13-19(16,17)10-2-1-5-18-10/h1-6,13H,(H,14,15). The highest BCUT2D eigenvalue weighted by molar-refractivity contribution is 14.1. The van der Waals surface area contributed by atoms with Crippen LogP contribution in [0.3, 0.4) is 0 Å². The molecule has 0 aliphatic rings. The molecule has 0 amide bonds. The van der Waals surface area contributed by atoms with Crippen molar-refractivity contribution in [1.29, 1.82) is 0 Å². The van der Waals surface area contributed by atoms with Crippen LogP contribution >= 0.6 is 33.9 Å². The smallest absolute Gasteiger partial charge is 0.337 e. The van der Waals surface area contributed by atoms with E-state index in [0.29, 0.717) is 3.57 Å². The van der Waals surface area contributed by atoms with E-state index in [2.05, 4.69) is 4.72 Å². The molecule has 0 fully saturated rings. The first-order chi connectivity index (χ1) is 8.90. The Kier molecular flexibility index (Phi) is 4.11. The van der Waals surface area contributed by atoms with Crippen molar-refractivity contribution in [3.8, 4) is 0 Å². The van der Waals surface area contributed by atoms with Crippen molar-refractivity contribution in [2.24, 2.45) is 0 Å². The summed E-state index contributed by atoms with van der Waals surface area (Å²) in [6.45, 7) is 0. The zero-order chi connectivity index (χ0) is 14.0. The number of nitrogens with one attached hydrogen (secondary N) is 1. The number of halogens is 1. The molecule has 0 unspecified atom stereocenters. The van der Waals surface area contributed by atoms with E-state index < -0.39 is 16.0 Å². The molecular weight excluding hydrogens is 401 g/mol. The van der Waals surface area contributed by atoms with Crippen LogP contribution in [0.25, 0.3) is 0 Å². The minimum absolute atomic E-state index is 0.0568. The van der Waals surface area contributed by atoms with Gasteiger partial charge in [0.05, 0.1) is 11.3 Å². The number of hydrogen-bond acceptors (Lipinski definition) is 4. The second kappa shape index (κ2) is 5.47. The number of rotatable bonds is 4. The van der Waals surface area contributed by atoms with Crippen LogP contribution < -0.4 is 4.72 Å². The molecule has 0 bridgehead atoms. The average molecular weight is 409 g/mol. The van der Waals surface area contributed by atoms with Crippen LogP contribution in [0.5, 0.6) is 0 Å². The van der Waals surface area contributed by atoms with Crippen LogP contribution in [0, 0.1) is 3.57 Å². The predicted molar refractivity (Wildman–Crippen MR) is 81.2 cm³/mol. The molecule has 0 saturated carbocycles. The Labute approximate surface area is 127 Å². The molecule has 2 rings (SSSR count). The predicted octanol–water partition coefficient (Wildman–Crippen LogP) is 2.85. The van der Waals surface area contributed by atoms with Gasteiger partial charge in [-0.15, -0.1) is 11.3 Å². The summed E-state index contributed by atoms with van der Waals surface area (Å²) in [5, 5.41) is 10.7. The molecule has 0 aliphatic heterocycles. The van der Waals surface area contributed by atoms with Crippen LogP contribution in [-0.2, 0) is 10.0 Å². The Morgan fingerprint density at radius 3 is 2.63 bits per heavy atom. The van der Waals surface area contributed by atoms with E-state index in [1.807, 2.05) is 22.6 Å². The summed E-state index contributed by atoms with van der Waals surface area (Å²) in [4.78, 5) is 11.1. The fourth-order valence-corrected chi connectivity index (χ4v) is 3.96. The lowest BCUT2D eigenvalue weighted by atomic mass is 10.2. The largest absolute Gasteiger partial charge is 0.478 e. The van der Waals surface area contributed by atoms with E-state index in [9.17, 15) is 13.2 Å². The lowest BCUT2D eigenvalue weighted by Crippen LogP contribution is -2.14. The minimum atomic E-state index is -3.74. The van der Waals surface area contributed by atoms with Gasteiger partial charge in [-0.05, 0) is 52.2 Å². The normalized spacial score (nSPS) is 11.2. The first-order valence-corrected chi connectivity index (χ1v) is 8.43. The maximum Gasteiger partial charge on any atom is 0.337 e. The summed E-state index contributed by atoms with van der Waals surface area (Å²) in [7, 11) is -3.74. The molecule has 0 aliphatic carbocycles. The Morgan fingerprint density at radius 1 is 1.32 bits per heavy atom. The Bertz CT molecular complexity index is 710. The minimum Gasteiger partial charge on any atom is -0.478 e. The van der Waals surface area contributed by atoms with E-state index in [1.54, 1.807) is 17.5 Å². The quantitative estimate of drug-likeness (QED) is 0.761. The highest BCUT2D eigenvalue weighted by Gasteiger charge is 2.19. The number of carboxylic acid groups (broad SMARTS) is 1. The molecule has 1 aromatic heterocycles. The molecule has 1 aromatic carbocycles. The van der Waals surface area contributed by atoms with Gasteiger partial charge in [0.2, 0.25) is 0 Å². The van der Waals surface area contributed by atoms with E-state index in [4.69, 9.17) is 5.11 Å². The van der Waals surface area contributed by atoms with Gasteiger partial charge >= 0.3 is 5.97 Å². The summed E-state index contributed by atoms with van der Waals surface area (Å²) in [6.07, 6.45) is 0. The third kappa shape index (κ3) is 3.25. The van der Waals surface area contributed by atoms with E-state index in [0.717, 1.165) is 11.3 Å². The summed E-state index contributed by atoms with van der Waals surface area (Å²) < 4.78 is 27.2. The molecule has 2 aromatic rings. The maximum absolute atomic E-state index is 12.0. The maximum atomic E-state index is 12.0. The molecule has 2 N–H and O–H groups in total. The van der Waals surface area contributed by atoms with Gasteiger partial charge in [0.25, 0.3) is 10.0 Å². The highest BCUT2D eigenvalue weighted by atomic mass is 127. The van der Waals surface area contributed by atoms with Gasteiger partial charge in [0, 0.05) is 3.57 Å². The SMILES string of the molecule is O=C(O)c1cc(I)ccc1NS(=O)(=O)c1cccs1. The van der Waals surface area contributed by atoms with Gasteiger partial charge in [0.1, 0.15) is 4.21 Å². The molecule has 0 radical (unpaired) electrons. The molecule has 5 nitrogen and oxygen atoms in total. The van der Waals surface area contributed by atoms with Crippen molar-refractivity contribution >= 4 is 55.6 Å². The third-order valence-electron chi connectivity index (χ3n) is 2.22. The molecule has 0 atom stereocenters. The number of benzene rings is 1. The van der Waals surface area contributed by atoms with Crippen molar-refractivity contribution in [2.75, 3.05) is 4.72 Å². The Hall–Kier alpha value is -1.13. The van der Waals surface area contributed by atoms with Crippen LogP contribution in [0.15, 0.2) is 39.9 Å². The van der Waals surface area contributed by atoms with Crippen molar-refractivity contribution < 1.29 is 18.3 Å². The van der Waals surface area contributed by atoms with Crippen molar-refractivity contribution in [2.45, 2.75) is 4.21 Å². The van der Waals surface area contributed by atoms with Gasteiger partial charge in [0.15, 0.2) is 0 Å². The molecular formula is C11H8INO4S2. The number of anilines is 1. The number of sulfonamides is 1. The van der Waals surface area contributed by atoms with E-state index in [-0.39, 0.29) is 15.5 Å². The molecule has 0 spiro atoms. The lowest BCUT2D eigenvalue weighted by Gasteiger charge is -2.09. The molecule has 100 valence electrons. The first kappa shape index (κ1) is 14.3. The van der Waals surface area contributed by atoms with Crippen LogP contribution in [0.2, 0.25) is 0 Å². The van der Waals surface area contributed by atoms with E-state index >= 15 is 0 Å². The Balaban J connectivity index is 2.42. The first-order valence-electron chi connectivity index (χ1n) is 4.99. The molecule has 19 heavy (non-hydrogen) atoms. The summed E-state index contributed by atoms with van der Waals surface area (Å²) in [5.41, 5.74) is -0.0200. The van der Waals surface area contributed by atoms with Gasteiger partial charge < -0.3 is 5.11 Å². The number of hydrogen-bond donors (Lipinski definition) is 2. The average Bonchev–Trinajstić information content (AvgIpc) is 2.85. The number of thiophene rings is 1. The van der Waals surface area contributed by atoms with Gasteiger partial charge in [-0.1, -0.05) is 6.07 Å². The Morgan fingerprint density at radius 2 is 2.05 bits per heavy atom. The summed E-state index contributed by atoms with van der Waals surface area (Å²) in [6, 6.07) is 7.57. The van der Waals surface area contributed by atoms with Gasteiger partial charge in [-0.25, -0.2) is 13.2 Å². The fraction of sp³-hybridized carbons (Fsp3) is 0. The molecule has 1 heterocycles. The number of carbonyl (C=O) groups is 1. The van der Waals surface area contributed by atoms with Gasteiger partial charge in [-0.2, -0.15) is 0 Å². The van der Waals surface area contributed by atoms with Crippen LogP contribution in [0.1, 0.15) is 10.4 Å². The lowest BCUT2D eigenvalue weighted by molar-refractivity contribution is 0.0698. The monoisotopic (exact) mass is 409 g/mol. The van der Waals surface area contributed by atoms with Crippen molar-refractivity contribution in [1.82, 2.24) is 0 Å². The fourth-order valence-electron chi connectivity index (χ4n) is 1.39. The highest BCUT2D eigenvalue weighted by Crippen LogP contribution is 2.24. The topological polar surface area (TPSA) is 83.5 Å². The van der Waals surface area contributed by atoms with Crippen molar-refractivity contribution in [3.05, 3.63) is 44.8 Å². The number of carboxylic acids is 1. The molecule has 8 heteroatoms. The van der Waals surface area contributed by atoms with E-state index in [1.165, 1.54) is 18.2 Å².